The third-order valence-corrected chi connectivity index (χ3v) is 4.61. The highest BCUT2D eigenvalue weighted by Crippen LogP contribution is 2.25. The molecule has 3 aromatic rings. The predicted molar refractivity (Wildman–Crippen MR) is 97.9 cm³/mol. The summed E-state index contributed by atoms with van der Waals surface area (Å²) in [5.74, 6) is -0.603. The van der Waals surface area contributed by atoms with Crippen LogP contribution in [0.3, 0.4) is 0 Å². The van der Waals surface area contributed by atoms with E-state index in [1.807, 2.05) is 22.9 Å². The first-order chi connectivity index (χ1) is 13.9. The fraction of sp³-hybridized carbons (Fsp3) is 0.250. The number of hydrogen-bond acceptors (Lipinski definition) is 4. The van der Waals surface area contributed by atoms with Gasteiger partial charge < -0.3 is 9.64 Å². The molecule has 3 heterocycles. The minimum Gasteiger partial charge on any atom is -0.406 e. The van der Waals surface area contributed by atoms with Crippen molar-refractivity contribution >= 4 is 5.91 Å². The van der Waals surface area contributed by atoms with Gasteiger partial charge in [-0.25, -0.2) is 0 Å². The minimum absolute atomic E-state index is 0.247. The molecule has 6 nitrogen and oxygen atoms in total. The van der Waals surface area contributed by atoms with E-state index in [-0.39, 0.29) is 11.7 Å². The first-order valence-electron chi connectivity index (χ1n) is 9.01. The van der Waals surface area contributed by atoms with E-state index in [1.54, 1.807) is 17.3 Å². The van der Waals surface area contributed by atoms with E-state index in [0.717, 1.165) is 35.5 Å². The zero-order valence-electron chi connectivity index (χ0n) is 15.3. The quantitative estimate of drug-likeness (QED) is 0.667. The van der Waals surface area contributed by atoms with Gasteiger partial charge in [-0.05, 0) is 48.9 Å². The molecule has 1 aliphatic heterocycles. The van der Waals surface area contributed by atoms with Crippen molar-refractivity contribution in [2.24, 2.45) is 0 Å². The minimum atomic E-state index is -4.76. The number of amides is 1. The van der Waals surface area contributed by atoms with Crippen LogP contribution in [0.5, 0.6) is 5.75 Å². The summed E-state index contributed by atoms with van der Waals surface area (Å²) in [7, 11) is 0. The van der Waals surface area contributed by atoms with Crippen molar-refractivity contribution in [1.82, 2.24) is 19.7 Å². The molecule has 1 aliphatic rings. The highest BCUT2D eigenvalue weighted by atomic mass is 19.4. The first-order valence-corrected chi connectivity index (χ1v) is 9.01. The number of halogens is 3. The second-order valence-corrected chi connectivity index (χ2v) is 6.63. The van der Waals surface area contributed by atoms with Crippen LogP contribution >= 0.6 is 0 Å². The molecule has 0 spiro atoms. The highest BCUT2D eigenvalue weighted by Gasteiger charge is 2.31. The van der Waals surface area contributed by atoms with Crippen LogP contribution in [0.15, 0.2) is 54.9 Å². The number of hydrogen-bond donors (Lipinski definition) is 0. The molecule has 9 heteroatoms. The van der Waals surface area contributed by atoms with Gasteiger partial charge in [0, 0.05) is 36.6 Å². The Labute approximate surface area is 164 Å². The number of pyridine rings is 1. The molecule has 0 saturated carbocycles. The second-order valence-electron chi connectivity index (χ2n) is 6.63. The lowest BCUT2D eigenvalue weighted by Gasteiger charge is -2.20. The van der Waals surface area contributed by atoms with E-state index in [4.69, 9.17) is 0 Å². The number of rotatable bonds is 3. The molecule has 0 radical (unpaired) electrons. The lowest BCUT2D eigenvalue weighted by atomic mass is 10.1. The molecule has 1 aromatic carbocycles. The van der Waals surface area contributed by atoms with Crippen LogP contribution in [0.1, 0.15) is 22.5 Å². The monoisotopic (exact) mass is 402 g/mol. The standard InChI is InChI=1S/C20H17F3N4O2/c21-20(22,23)29-17-4-2-15(3-5-17)19(28)26-10-1-11-27-16(13-26)12-18(25-27)14-6-8-24-9-7-14/h2-9,12H,1,10-11,13H2. The van der Waals surface area contributed by atoms with Crippen molar-refractivity contribution < 1.29 is 22.7 Å². The molecule has 150 valence electrons. The number of carbonyl (C=O) groups excluding carboxylic acids is 1. The number of aryl methyl sites for hydroxylation is 1. The number of alkyl halides is 3. The van der Waals surface area contributed by atoms with Crippen molar-refractivity contribution in [3.8, 4) is 17.0 Å². The lowest BCUT2D eigenvalue weighted by Crippen LogP contribution is -2.30. The van der Waals surface area contributed by atoms with Crippen molar-refractivity contribution in [2.75, 3.05) is 6.54 Å². The van der Waals surface area contributed by atoms with E-state index in [0.29, 0.717) is 25.2 Å². The number of fused-ring (bicyclic) bond motifs is 1. The van der Waals surface area contributed by atoms with E-state index in [2.05, 4.69) is 14.8 Å². The van der Waals surface area contributed by atoms with Crippen LogP contribution in [0.2, 0.25) is 0 Å². The van der Waals surface area contributed by atoms with Crippen LogP contribution in [-0.2, 0) is 13.1 Å². The Morgan fingerprint density at radius 2 is 1.76 bits per heavy atom. The smallest absolute Gasteiger partial charge is 0.406 e. The molecule has 0 atom stereocenters. The summed E-state index contributed by atoms with van der Waals surface area (Å²) < 4.78 is 42.6. The summed E-state index contributed by atoms with van der Waals surface area (Å²) in [6.07, 6.45) is -0.642. The lowest BCUT2D eigenvalue weighted by molar-refractivity contribution is -0.274. The largest absolute Gasteiger partial charge is 0.573 e. The van der Waals surface area contributed by atoms with E-state index < -0.39 is 6.36 Å². The Morgan fingerprint density at radius 3 is 2.45 bits per heavy atom. The molecule has 0 saturated heterocycles. The average molecular weight is 402 g/mol. The van der Waals surface area contributed by atoms with E-state index in [9.17, 15) is 18.0 Å². The molecule has 1 amide bonds. The van der Waals surface area contributed by atoms with Crippen molar-refractivity contribution in [2.45, 2.75) is 25.9 Å². The molecule has 0 bridgehead atoms. The predicted octanol–water partition coefficient (Wildman–Crippen LogP) is 3.89. The van der Waals surface area contributed by atoms with Gasteiger partial charge in [-0.15, -0.1) is 13.2 Å². The third-order valence-electron chi connectivity index (χ3n) is 4.61. The number of carbonyl (C=O) groups is 1. The van der Waals surface area contributed by atoms with Gasteiger partial charge in [0.15, 0.2) is 0 Å². The summed E-state index contributed by atoms with van der Waals surface area (Å²) in [6.45, 7) is 1.59. The Bertz CT molecular complexity index is 1000. The second kappa shape index (κ2) is 7.57. The topological polar surface area (TPSA) is 60.2 Å². The van der Waals surface area contributed by atoms with Gasteiger partial charge >= 0.3 is 6.36 Å². The first kappa shape index (κ1) is 19.0. The summed E-state index contributed by atoms with van der Waals surface area (Å²) in [6, 6.07) is 10.7. The van der Waals surface area contributed by atoms with Gasteiger partial charge in [-0.1, -0.05) is 0 Å². The molecule has 2 aromatic heterocycles. The highest BCUT2D eigenvalue weighted by molar-refractivity contribution is 5.94. The van der Waals surface area contributed by atoms with Crippen LogP contribution in [0.4, 0.5) is 13.2 Å². The zero-order chi connectivity index (χ0) is 20.4. The maximum absolute atomic E-state index is 12.9. The summed E-state index contributed by atoms with van der Waals surface area (Å²) >= 11 is 0. The van der Waals surface area contributed by atoms with Gasteiger partial charge in [0.05, 0.1) is 17.9 Å². The molecular formula is C20H17F3N4O2. The summed E-state index contributed by atoms with van der Waals surface area (Å²) in [5.41, 5.74) is 2.96. The SMILES string of the molecule is O=C(c1ccc(OC(F)(F)F)cc1)N1CCCn2nc(-c3ccncc3)cc2C1. The van der Waals surface area contributed by atoms with Crippen LogP contribution < -0.4 is 4.74 Å². The number of aromatic nitrogens is 3. The molecule has 29 heavy (non-hydrogen) atoms. The van der Waals surface area contributed by atoms with Crippen LogP contribution in [0.25, 0.3) is 11.3 Å². The molecule has 0 aliphatic carbocycles. The summed E-state index contributed by atoms with van der Waals surface area (Å²) in [5, 5.41) is 4.62. The van der Waals surface area contributed by atoms with Gasteiger partial charge in [0.1, 0.15) is 5.75 Å². The van der Waals surface area contributed by atoms with Crippen molar-refractivity contribution in [3.05, 3.63) is 66.1 Å². The van der Waals surface area contributed by atoms with Gasteiger partial charge in [0.2, 0.25) is 0 Å². The van der Waals surface area contributed by atoms with Gasteiger partial charge in [0.25, 0.3) is 5.91 Å². The fourth-order valence-corrected chi connectivity index (χ4v) is 3.28. The van der Waals surface area contributed by atoms with Gasteiger partial charge in [-0.2, -0.15) is 5.10 Å². The van der Waals surface area contributed by atoms with Crippen molar-refractivity contribution in [1.29, 1.82) is 0 Å². The summed E-state index contributed by atoms with van der Waals surface area (Å²) in [4.78, 5) is 18.5. The van der Waals surface area contributed by atoms with E-state index >= 15 is 0 Å². The average Bonchev–Trinajstić information content (AvgIpc) is 2.99. The maximum atomic E-state index is 12.9. The Kier molecular flexibility index (Phi) is 4.96. The number of nitrogens with zero attached hydrogens (tertiary/aromatic N) is 4. The van der Waals surface area contributed by atoms with Crippen molar-refractivity contribution in [3.63, 3.8) is 0 Å². The molecule has 0 N–H and O–H groups in total. The third kappa shape index (κ3) is 4.39. The van der Waals surface area contributed by atoms with Gasteiger partial charge in [-0.3, -0.25) is 14.5 Å². The van der Waals surface area contributed by atoms with Crippen LogP contribution in [-0.4, -0.2) is 38.5 Å². The zero-order valence-corrected chi connectivity index (χ0v) is 15.3. The van der Waals surface area contributed by atoms with Crippen LogP contribution in [0, 0.1) is 0 Å². The Morgan fingerprint density at radius 1 is 1.03 bits per heavy atom. The number of benzene rings is 1. The molecule has 0 fully saturated rings. The fourth-order valence-electron chi connectivity index (χ4n) is 3.28. The maximum Gasteiger partial charge on any atom is 0.573 e. The molecular weight excluding hydrogens is 385 g/mol. The molecule has 4 rings (SSSR count). The van der Waals surface area contributed by atoms with E-state index in [1.165, 1.54) is 12.1 Å². The normalized spacial score (nSPS) is 14.2. The Balaban J connectivity index is 1.51. The Hall–Kier alpha value is -3.36. The molecule has 0 unspecified atom stereocenters. The number of ether oxygens (including phenoxy) is 1.